The first-order valence-electron chi connectivity index (χ1n) is 28.3. The fourth-order valence-corrected chi connectivity index (χ4v) is 15.5. The third-order valence-corrected chi connectivity index (χ3v) is 19.0. The van der Waals surface area contributed by atoms with Crippen LogP contribution in [0.5, 0.6) is 0 Å². The van der Waals surface area contributed by atoms with Gasteiger partial charge in [0.2, 0.25) is 13.4 Å². The summed E-state index contributed by atoms with van der Waals surface area (Å²) in [6.07, 6.45) is 0. The molecule has 0 amide bonds. The van der Waals surface area contributed by atoms with Crippen molar-refractivity contribution in [1.82, 2.24) is 0 Å². The molecule has 370 valence electrons. The second kappa shape index (κ2) is 16.0. The molecule has 0 bridgehead atoms. The average molecular weight is 1010 g/mol. The molecule has 0 spiro atoms. The molecule has 0 fully saturated rings. The van der Waals surface area contributed by atoms with Crippen molar-refractivity contribution in [3.05, 3.63) is 231 Å². The Bertz CT molecular complexity index is 4870. The predicted molar refractivity (Wildman–Crippen MR) is 352 cm³/mol. The number of benzene rings is 16. The van der Waals surface area contributed by atoms with Gasteiger partial charge in [-0.1, -0.05) is 203 Å². The summed E-state index contributed by atoms with van der Waals surface area (Å²) in [4.78, 5) is 4.73. The lowest BCUT2D eigenvalue weighted by atomic mass is 9.36. The maximum atomic E-state index is 2.56. The Kier molecular flexibility index (Phi) is 8.87. The summed E-state index contributed by atoms with van der Waals surface area (Å²) in [5, 5.41) is 28.4. The van der Waals surface area contributed by atoms with E-state index in [1.165, 1.54) is 185 Å². The zero-order chi connectivity index (χ0) is 52.8. The molecule has 0 aromatic heterocycles. The van der Waals surface area contributed by atoms with E-state index in [1.54, 1.807) is 0 Å². The van der Waals surface area contributed by atoms with Crippen LogP contribution >= 0.6 is 0 Å². The van der Waals surface area contributed by atoms with Gasteiger partial charge in [0.1, 0.15) is 0 Å². The molecule has 0 radical (unpaired) electrons. The van der Waals surface area contributed by atoms with Crippen molar-refractivity contribution in [2.45, 2.75) is 0 Å². The zero-order valence-electron chi connectivity index (χ0n) is 45.0. The summed E-state index contributed by atoms with van der Waals surface area (Å²) in [6, 6.07) is 89.3. The first kappa shape index (κ1) is 44.4. The molecule has 4 heteroatoms. The fourth-order valence-electron chi connectivity index (χ4n) is 15.5. The molecule has 80 heavy (non-hydrogen) atoms. The molecule has 2 aliphatic heterocycles. The predicted octanol–water partition coefficient (Wildman–Crippen LogP) is 14.9. The maximum absolute atomic E-state index is 2.56. The molecule has 16 aromatic carbocycles. The van der Waals surface area contributed by atoms with Crippen molar-refractivity contribution in [2.75, 3.05) is 38.0 Å². The summed E-state index contributed by atoms with van der Waals surface area (Å²) >= 11 is 0. The van der Waals surface area contributed by atoms with E-state index in [2.05, 4.69) is 269 Å². The number of hydrogen-bond donors (Lipinski definition) is 0. The molecule has 2 nitrogen and oxygen atoms in total. The smallest absolute Gasteiger partial charge is 0.245 e. The second-order valence-electron chi connectivity index (χ2n) is 23.5. The highest BCUT2D eigenvalue weighted by Crippen LogP contribution is 2.44. The average Bonchev–Trinajstić information content (AvgIpc) is 3.42. The van der Waals surface area contributed by atoms with Crippen molar-refractivity contribution < 1.29 is 0 Å². The molecular formula is C76H50B2N2. The van der Waals surface area contributed by atoms with Gasteiger partial charge in [0.25, 0.3) is 0 Å². The van der Waals surface area contributed by atoms with Crippen molar-refractivity contribution in [2.24, 2.45) is 0 Å². The highest BCUT2D eigenvalue weighted by Gasteiger charge is 2.41. The van der Waals surface area contributed by atoms with Crippen LogP contribution in [0, 0.1) is 0 Å². The van der Waals surface area contributed by atoms with Crippen LogP contribution in [-0.4, -0.2) is 41.6 Å². The highest BCUT2D eigenvalue weighted by molar-refractivity contribution is 7.04. The number of rotatable bonds is 4. The normalized spacial score (nSPS) is 12.9. The zero-order valence-corrected chi connectivity index (χ0v) is 45.0. The minimum Gasteiger partial charge on any atom is -0.377 e. The number of anilines is 2. The molecule has 18 rings (SSSR count). The molecule has 0 saturated carbocycles. The lowest BCUT2D eigenvalue weighted by molar-refractivity contribution is 1.14. The summed E-state index contributed by atoms with van der Waals surface area (Å²) in [5.74, 6) is 0. The topological polar surface area (TPSA) is 6.48 Å². The van der Waals surface area contributed by atoms with Gasteiger partial charge in [-0.15, -0.1) is 0 Å². The van der Waals surface area contributed by atoms with Crippen LogP contribution in [0.2, 0.25) is 0 Å². The van der Waals surface area contributed by atoms with Crippen molar-refractivity contribution >= 4 is 176 Å². The molecule has 0 aliphatic carbocycles. The van der Waals surface area contributed by atoms with Gasteiger partial charge in [-0.05, 0) is 191 Å². The van der Waals surface area contributed by atoms with Crippen molar-refractivity contribution in [3.8, 4) is 22.3 Å². The van der Waals surface area contributed by atoms with Gasteiger partial charge in [0, 0.05) is 50.3 Å². The Hall–Kier alpha value is -9.63. The van der Waals surface area contributed by atoms with E-state index in [4.69, 9.17) is 0 Å². The summed E-state index contributed by atoms with van der Waals surface area (Å²) in [6.45, 7) is -0.108. The van der Waals surface area contributed by atoms with E-state index in [0.29, 0.717) is 0 Å². The molecule has 0 saturated heterocycles. The molecule has 16 aromatic rings. The first-order valence-corrected chi connectivity index (χ1v) is 28.3. The first-order chi connectivity index (χ1) is 39.3. The van der Waals surface area contributed by atoms with E-state index in [0.717, 1.165) is 0 Å². The summed E-state index contributed by atoms with van der Waals surface area (Å²) in [5.41, 5.74) is 16.1. The third-order valence-electron chi connectivity index (χ3n) is 19.0. The van der Waals surface area contributed by atoms with Crippen molar-refractivity contribution in [1.29, 1.82) is 0 Å². The Balaban J connectivity index is 0.986. The van der Waals surface area contributed by atoms with Gasteiger partial charge in [0.15, 0.2) is 0 Å². The van der Waals surface area contributed by atoms with Crippen LogP contribution in [-0.2, 0) is 0 Å². The van der Waals surface area contributed by atoms with E-state index >= 15 is 0 Å². The van der Waals surface area contributed by atoms with Gasteiger partial charge in [-0.3, -0.25) is 0 Å². The minimum atomic E-state index is -0.0539. The van der Waals surface area contributed by atoms with Gasteiger partial charge in [0.05, 0.1) is 0 Å². The van der Waals surface area contributed by atoms with Crippen LogP contribution in [0.4, 0.5) is 11.4 Å². The Morgan fingerprint density at radius 1 is 0.225 bits per heavy atom. The lowest BCUT2D eigenvalue weighted by Crippen LogP contribution is -2.50. The monoisotopic (exact) mass is 1010 g/mol. The SMILES string of the molecule is CN(C)c1cc(B2c3c(ccc4cc5ccccc5cc34)-c3ccc4cc5ccccc5cc4c32)c2ccc3c(N(C)C)cc(B4c5c(ccc6cc7ccccc7cc56)-c5ccc6cc7ccccc7cc6c54)c4ccc1c2c43. The van der Waals surface area contributed by atoms with E-state index < -0.39 is 0 Å². The maximum Gasteiger partial charge on any atom is 0.245 e. The number of fused-ring (bicyclic) bond motifs is 18. The largest absolute Gasteiger partial charge is 0.377 e. The van der Waals surface area contributed by atoms with Gasteiger partial charge in [-0.2, -0.15) is 0 Å². The van der Waals surface area contributed by atoms with Crippen LogP contribution < -0.4 is 42.6 Å². The third kappa shape index (κ3) is 5.95. The molecule has 2 aliphatic rings. The lowest BCUT2D eigenvalue weighted by Gasteiger charge is -2.27. The quantitative estimate of drug-likeness (QED) is 0.0985. The van der Waals surface area contributed by atoms with Crippen LogP contribution in [0.3, 0.4) is 0 Å². The van der Waals surface area contributed by atoms with Crippen LogP contribution in [0.15, 0.2) is 231 Å². The Morgan fingerprint density at radius 3 is 0.738 bits per heavy atom. The van der Waals surface area contributed by atoms with E-state index in [-0.39, 0.29) is 13.4 Å². The van der Waals surface area contributed by atoms with E-state index in [9.17, 15) is 0 Å². The number of nitrogens with zero attached hydrogens (tertiary/aromatic N) is 2. The highest BCUT2D eigenvalue weighted by atomic mass is 15.1. The number of hydrogen-bond acceptors (Lipinski definition) is 2. The molecule has 2 heterocycles. The Labute approximate surface area is 464 Å². The molecule has 0 N–H and O–H groups in total. The van der Waals surface area contributed by atoms with Gasteiger partial charge < -0.3 is 9.80 Å². The second-order valence-corrected chi connectivity index (χ2v) is 23.5. The van der Waals surface area contributed by atoms with E-state index in [1.807, 2.05) is 0 Å². The van der Waals surface area contributed by atoms with Gasteiger partial charge in [-0.25, -0.2) is 0 Å². The molecule has 0 unspecified atom stereocenters. The molecule has 0 atom stereocenters. The van der Waals surface area contributed by atoms with Gasteiger partial charge >= 0.3 is 0 Å². The van der Waals surface area contributed by atoms with Crippen molar-refractivity contribution in [3.63, 3.8) is 0 Å². The van der Waals surface area contributed by atoms with Crippen LogP contribution in [0.1, 0.15) is 0 Å². The standard InChI is InChI=1S/C76H50B2N2/c1-79(2)69-41-67(77-73-55(25-21-51-33-43-13-5-9-17-47(43)37-63(51)73)56-26-22-52-34-44-14-6-10-18-48(44)38-64(52)74(56)77)59-30-32-62-70(80(3)4)42-68(60-29-31-61(69)71(59)72(60)62)78-75-57(27-23-53-35-45-15-7-11-19-49(45)39-65(53)75)58-28-24-54-36-46-16-8-12-20-50(46)40-66(54)76(58)78/h5-42H,1-4H3. The summed E-state index contributed by atoms with van der Waals surface area (Å²) in [7, 11) is 8.95. The molecular weight excluding hydrogens is 962 g/mol. The summed E-state index contributed by atoms with van der Waals surface area (Å²) < 4.78 is 0. The Morgan fingerprint density at radius 2 is 0.475 bits per heavy atom. The van der Waals surface area contributed by atoms with Crippen LogP contribution in [0.25, 0.3) is 141 Å². The minimum absolute atomic E-state index is 0.0539. The fraction of sp³-hybridized carbons (Fsp3) is 0.0526.